The van der Waals surface area contributed by atoms with E-state index in [9.17, 15) is 9.59 Å². The maximum absolute atomic E-state index is 11.0. The Bertz CT molecular complexity index is 598. The molecule has 0 atom stereocenters. The van der Waals surface area contributed by atoms with E-state index in [1.807, 2.05) is 0 Å². The number of aromatic carboxylic acids is 1. The predicted molar refractivity (Wildman–Crippen MR) is 77.9 cm³/mol. The van der Waals surface area contributed by atoms with E-state index in [-0.39, 0.29) is 18.6 Å². The summed E-state index contributed by atoms with van der Waals surface area (Å²) in [7, 11) is 0. The van der Waals surface area contributed by atoms with Crippen LogP contribution in [0.2, 0.25) is 0 Å². The summed E-state index contributed by atoms with van der Waals surface area (Å²) in [5.41, 5.74) is 1.12. The Morgan fingerprint density at radius 3 is 2.43 bits per heavy atom. The summed E-state index contributed by atoms with van der Waals surface area (Å²) < 4.78 is 5.34. The maximum atomic E-state index is 11.0. The lowest BCUT2D eigenvalue weighted by Gasteiger charge is -2.08. The van der Waals surface area contributed by atoms with Crippen LogP contribution in [0.5, 0.6) is 0 Å². The molecule has 1 aromatic carbocycles. The summed E-state index contributed by atoms with van der Waals surface area (Å²) in [6.45, 7) is 7.30. The maximum Gasteiger partial charge on any atom is 0.336 e. The average Bonchev–Trinajstić information content (AvgIpc) is 2.42. The molecule has 110 valence electrons. The van der Waals surface area contributed by atoms with Gasteiger partial charge in [0.2, 0.25) is 0 Å². The molecule has 5 nitrogen and oxygen atoms in total. The van der Waals surface area contributed by atoms with Crippen molar-refractivity contribution in [3.8, 4) is 0 Å². The van der Waals surface area contributed by atoms with Gasteiger partial charge in [-0.2, -0.15) is 0 Å². The predicted octanol–water partition coefficient (Wildman–Crippen LogP) is 3.00. The molecule has 1 rings (SSSR count). The van der Waals surface area contributed by atoms with Gasteiger partial charge in [0.1, 0.15) is 12.4 Å². The highest BCUT2D eigenvalue weighted by atomic mass is 16.5. The van der Waals surface area contributed by atoms with Crippen molar-refractivity contribution in [3.05, 3.63) is 72.0 Å². The smallest absolute Gasteiger partial charge is 0.336 e. The minimum Gasteiger partial charge on any atom is -0.490 e. The standard InChI is InChI=1S/C16H16O5/c1-11(9-15(17)18)7-8-12(2)21-10-13-5-3-4-6-14(13)16(19)20/h3-8H,1-2,9-10H2,(H,17,18)(H,19,20)/b8-7-. The Morgan fingerprint density at radius 1 is 1.14 bits per heavy atom. The van der Waals surface area contributed by atoms with Crippen LogP contribution in [0.4, 0.5) is 0 Å². The van der Waals surface area contributed by atoms with Gasteiger partial charge in [-0.1, -0.05) is 37.4 Å². The van der Waals surface area contributed by atoms with E-state index in [2.05, 4.69) is 13.2 Å². The molecule has 0 saturated carbocycles. The third-order valence-corrected chi connectivity index (χ3v) is 2.54. The Morgan fingerprint density at radius 2 is 1.81 bits per heavy atom. The van der Waals surface area contributed by atoms with Crippen molar-refractivity contribution in [2.24, 2.45) is 0 Å². The van der Waals surface area contributed by atoms with Crippen LogP contribution in [-0.4, -0.2) is 22.2 Å². The molecule has 0 unspecified atom stereocenters. The Kier molecular flexibility index (Phi) is 5.95. The summed E-state index contributed by atoms with van der Waals surface area (Å²) >= 11 is 0. The fourth-order valence-corrected chi connectivity index (χ4v) is 1.54. The first-order valence-corrected chi connectivity index (χ1v) is 6.10. The zero-order valence-corrected chi connectivity index (χ0v) is 11.4. The van der Waals surface area contributed by atoms with Crippen LogP contribution in [0.25, 0.3) is 0 Å². The van der Waals surface area contributed by atoms with Crippen LogP contribution in [-0.2, 0) is 16.1 Å². The van der Waals surface area contributed by atoms with Crippen LogP contribution >= 0.6 is 0 Å². The number of allylic oxidation sites excluding steroid dienone is 2. The second kappa shape index (κ2) is 7.69. The topological polar surface area (TPSA) is 83.8 Å². The summed E-state index contributed by atoms with van der Waals surface area (Å²) in [5, 5.41) is 17.6. The summed E-state index contributed by atoms with van der Waals surface area (Å²) in [4.78, 5) is 21.5. The zero-order valence-electron chi connectivity index (χ0n) is 11.4. The number of carbonyl (C=O) groups is 2. The molecular formula is C16H16O5. The van der Waals surface area contributed by atoms with Gasteiger partial charge in [-0.05, 0) is 17.7 Å². The van der Waals surface area contributed by atoms with E-state index in [4.69, 9.17) is 14.9 Å². The van der Waals surface area contributed by atoms with Crippen LogP contribution in [0.15, 0.2) is 60.9 Å². The molecule has 0 saturated heterocycles. The minimum atomic E-state index is -1.02. The molecule has 5 heteroatoms. The van der Waals surface area contributed by atoms with Gasteiger partial charge in [0.25, 0.3) is 0 Å². The Balaban J connectivity index is 2.58. The van der Waals surface area contributed by atoms with Gasteiger partial charge in [-0.25, -0.2) is 4.79 Å². The number of hydrogen-bond donors (Lipinski definition) is 2. The van der Waals surface area contributed by atoms with E-state index in [1.165, 1.54) is 18.2 Å². The van der Waals surface area contributed by atoms with Gasteiger partial charge in [0.05, 0.1) is 12.0 Å². The first kappa shape index (κ1) is 16.2. The molecule has 0 aliphatic heterocycles. The van der Waals surface area contributed by atoms with Crippen molar-refractivity contribution >= 4 is 11.9 Å². The lowest BCUT2D eigenvalue weighted by atomic mass is 10.1. The van der Waals surface area contributed by atoms with E-state index in [1.54, 1.807) is 18.2 Å². The second-order valence-electron chi connectivity index (χ2n) is 4.28. The molecule has 0 spiro atoms. The van der Waals surface area contributed by atoms with Crippen molar-refractivity contribution in [1.29, 1.82) is 0 Å². The molecule has 0 aliphatic carbocycles. The summed E-state index contributed by atoms with van der Waals surface area (Å²) in [5.74, 6) is -1.70. The van der Waals surface area contributed by atoms with Gasteiger partial charge < -0.3 is 14.9 Å². The molecule has 0 bridgehead atoms. The molecule has 0 fully saturated rings. The van der Waals surface area contributed by atoms with Crippen molar-refractivity contribution in [3.63, 3.8) is 0 Å². The molecule has 0 radical (unpaired) electrons. The molecule has 0 heterocycles. The monoisotopic (exact) mass is 288 g/mol. The normalized spacial score (nSPS) is 10.3. The molecule has 0 aliphatic rings. The van der Waals surface area contributed by atoms with Gasteiger partial charge in [0.15, 0.2) is 0 Å². The van der Waals surface area contributed by atoms with Crippen molar-refractivity contribution in [1.82, 2.24) is 0 Å². The van der Waals surface area contributed by atoms with E-state index < -0.39 is 11.9 Å². The minimum absolute atomic E-state index is 0.0665. The van der Waals surface area contributed by atoms with Crippen molar-refractivity contribution in [2.45, 2.75) is 13.0 Å². The lowest BCUT2D eigenvalue weighted by Crippen LogP contribution is -2.03. The summed E-state index contributed by atoms with van der Waals surface area (Å²) in [6, 6.07) is 6.51. The molecule has 21 heavy (non-hydrogen) atoms. The zero-order chi connectivity index (χ0) is 15.8. The Hall–Kier alpha value is -2.82. The number of ether oxygens (including phenoxy) is 1. The first-order valence-electron chi connectivity index (χ1n) is 6.10. The number of carboxylic acids is 2. The Labute approximate surface area is 122 Å². The van der Waals surface area contributed by atoms with Gasteiger partial charge >= 0.3 is 11.9 Å². The highest BCUT2D eigenvalue weighted by Gasteiger charge is 2.09. The molecule has 0 amide bonds. The summed E-state index contributed by atoms with van der Waals surface area (Å²) in [6.07, 6.45) is 2.83. The van der Waals surface area contributed by atoms with Gasteiger partial charge in [-0.15, -0.1) is 0 Å². The first-order chi connectivity index (χ1) is 9.90. The molecule has 1 aromatic rings. The molecular weight excluding hydrogens is 272 g/mol. The lowest BCUT2D eigenvalue weighted by molar-refractivity contribution is -0.136. The van der Waals surface area contributed by atoms with Crippen LogP contribution in [0.3, 0.4) is 0 Å². The number of rotatable bonds is 8. The van der Waals surface area contributed by atoms with E-state index >= 15 is 0 Å². The molecule has 2 N–H and O–H groups in total. The largest absolute Gasteiger partial charge is 0.490 e. The number of aliphatic carboxylic acids is 1. The number of carboxylic acid groups (broad SMARTS) is 2. The SMILES string of the molecule is C=C(/C=C\C(=C)OCc1ccccc1C(=O)O)CC(=O)O. The highest BCUT2D eigenvalue weighted by Crippen LogP contribution is 2.12. The van der Waals surface area contributed by atoms with Crippen LogP contribution < -0.4 is 0 Å². The fourth-order valence-electron chi connectivity index (χ4n) is 1.54. The van der Waals surface area contributed by atoms with Gasteiger partial charge in [-0.3, -0.25) is 4.79 Å². The van der Waals surface area contributed by atoms with E-state index in [0.29, 0.717) is 16.9 Å². The quantitative estimate of drug-likeness (QED) is 0.567. The number of benzene rings is 1. The second-order valence-corrected chi connectivity index (χ2v) is 4.28. The molecule has 0 aromatic heterocycles. The van der Waals surface area contributed by atoms with E-state index in [0.717, 1.165) is 0 Å². The highest BCUT2D eigenvalue weighted by molar-refractivity contribution is 5.89. The van der Waals surface area contributed by atoms with Gasteiger partial charge in [0, 0.05) is 5.56 Å². The average molecular weight is 288 g/mol. The van der Waals surface area contributed by atoms with Crippen LogP contribution in [0.1, 0.15) is 22.3 Å². The van der Waals surface area contributed by atoms with Crippen molar-refractivity contribution in [2.75, 3.05) is 0 Å². The third-order valence-electron chi connectivity index (χ3n) is 2.54. The third kappa shape index (κ3) is 5.78. The number of hydrogen-bond acceptors (Lipinski definition) is 3. The van der Waals surface area contributed by atoms with Crippen molar-refractivity contribution < 1.29 is 24.5 Å². The fraction of sp³-hybridized carbons (Fsp3) is 0.125. The van der Waals surface area contributed by atoms with Crippen LogP contribution in [0, 0.1) is 0 Å².